The molecule has 0 aliphatic carbocycles. The quantitative estimate of drug-likeness (QED) is 0.259. The number of hydrogen-bond acceptors (Lipinski definition) is 0. The highest BCUT2D eigenvalue weighted by atomic mass is 14.9. The number of rotatable bonds is 2. The number of fused-ring (bicyclic) bond motifs is 8. The van der Waals surface area contributed by atoms with Crippen molar-refractivity contribution in [1.29, 1.82) is 0 Å². The number of aryl methyl sites for hydroxylation is 2. The summed E-state index contributed by atoms with van der Waals surface area (Å²) in [6.07, 6.45) is 12.6. The zero-order chi connectivity index (χ0) is 25.6. The number of nitrogens with one attached hydrogen (secondary N) is 4. The van der Waals surface area contributed by atoms with Gasteiger partial charge in [0.1, 0.15) is 14.1 Å². The van der Waals surface area contributed by atoms with Gasteiger partial charge >= 0.3 is 0 Å². The molecule has 0 atom stereocenters. The van der Waals surface area contributed by atoms with Crippen LogP contribution in [0, 0.1) is 0 Å². The number of nitrogens with zero attached hydrogens (tertiary/aromatic N) is 2. The molecular formula is C32H28N6+2. The molecular weight excluding hydrogens is 468 g/mol. The lowest BCUT2D eigenvalue weighted by molar-refractivity contribution is -0.671. The Kier molecular flexibility index (Phi) is 5.11. The van der Waals surface area contributed by atoms with Crippen molar-refractivity contribution < 1.29 is 9.13 Å². The number of pyridine rings is 2. The standard InChI is InChI=1S/C32H26N6/c1-37-15-11-21(12-16-37)31-27-7-3-23(33-27)19-25-5-9-29(35-25)32(22-13-17-38(2)18-14-22)30-10-6-26(36-30)20-24-4-8-28(31)34-24/h3-20H,1-2H3,(H2,33,34,35,36)/p+2. The predicted molar refractivity (Wildman–Crippen MR) is 147 cm³/mol. The van der Waals surface area contributed by atoms with Crippen molar-refractivity contribution in [1.82, 2.24) is 19.9 Å². The van der Waals surface area contributed by atoms with Crippen LogP contribution in [0.15, 0.2) is 97.6 Å². The van der Waals surface area contributed by atoms with Gasteiger partial charge in [-0.2, -0.15) is 0 Å². The Bertz CT molecular complexity index is 1880. The molecule has 0 saturated carbocycles. The van der Waals surface area contributed by atoms with E-state index in [-0.39, 0.29) is 0 Å². The summed E-state index contributed by atoms with van der Waals surface area (Å²) in [6, 6.07) is 25.7. The molecule has 1 aliphatic heterocycles. The number of hydrogen-bond donors (Lipinski definition) is 4. The summed E-state index contributed by atoms with van der Waals surface area (Å²) >= 11 is 0. The van der Waals surface area contributed by atoms with Crippen molar-refractivity contribution in [2.24, 2.45) is 14.1 Å². The molecule has 0 unspecified atom stereocenters. The fourth-order valence-electron chi connectivity index (χ4n) is 5.15. The van der Waals surface area contributed by atoms with Gasteiger partial charge in [0.05, 0.1) is 0 Å². The van der Waals surface area contributed by atoms with E-state index in [2.05, 4.69) is 130 Å². The summed E-state index contributed by atoms with van der Waals surface area (Å²) in [4.78, 5) is 14.6. The second-order valence-corrected chi connectivity index (χ2v) is 9.85. The molecule has 38 heavy (non-hydrogen) atoms. The molecule has 0 saturated heterocycles. The first kappa shape index (κ1) is 22.1. The summed E-state index contributed by atoms with van der Waals surface area (Å²) < 4.78 is 4.10. The van der Waals surface area contributed by atoms with Crippen LogP contribution in [0.2, 0.25) is 0 Å². The Hall–Kier alpha value is -5.10. The zero-order valence-corrected chi connectivity index (χ0v) is 21.3. The zero-order valence-electron chi connectivity index (χ0n) is 21.3. The van der Waals surface area contributed by atoms with Crippen molar-refractivity contribution in [3.8, 4) is 0 Å². The van der Waals surface area contributed by atoms with E-state index in [9.17, 15) is 0 Å². The van der Waals surface area contributed by atoms with Gasteiger partial charge < -0.3 is 19.9 Å². The predicted octanol–water partition coefficient (Wildman–Crippen LogP) is 1.11. The number of aromatic nitrogens is 6. The highest BCUT2D eigenvalue weighted by Crippen LogP contribution is 2.21. The molecule has 4 N–H and O–H groups in total. The van der Waals surface area contributed by atoms with E-state index < -0.39 is 0 Å². The Labute approximate surface area is 219 Å². The van der Waals surface area contributed by atoms with Gasteiger partial charge in [-0.3, -0.25) is 0 Å². The molecule has 184 valence electrons. The van der Waals surface area contributed by atoms with Gasteiger partial charge in [0.25, 0.3) is 0 Å². The van der Waals surface area contributed by atoms with Crippen molar-refractivity contribution in [3.63, 3.8) is 0 Å². The minimum atomic E-state index is 1.04. The fourth-order valence-corrected chi connectivity index (χ4v) is 5.15. The summed E-state index contributed by atoms with van der Waals surface area (Å²) in [5.74, 6) is 0. The minimum absolute atomic E-state index is 1.04. The van der Waals surface area contributed by atoms with Gasteiger partial charge in [-0.25, -0.2) is 9.13 Å². The van der Waals surface area contributed by atoms with E-state index in [0.717, 1.165) is 66.4 Å². The first-order valence-corrected chi connectivity index (χ1v) is 12.7. The molecule has 0 spiro atoms. The maximum absolute atomic E-state index is 3.64. The fraction of sp³-hybridized carbons (Fsp3) is 0.0625. The van der Waals surface area contributed by atoms with Crippen molar-refractivity contribution >= 4 is 23.3 Å². The summed E-state index contributed by atoms with van der Waals surface area (Å²) in [7, 11) is 4.07. The van der Waals surface area contributed by atoms with Crippen LogP contribution < -0.4 is 30.5 Å². The van der Waals surface area contributed by atoms with Crippen LogP contribution in [0.4, 0.5) is 0 Å². The molecule has 6 aromatic rings. The van der Waals surface area contributed by atoms with E-state index in [1.807, 2.05) is 23.2 Å². The van der Waals surface area contributed by atoms with Crippen molar-refractivity contribution in [2.45, 2.75) is 0 Å². The van der Waals surface area contributed by atoms with Crippen LogP contribution in [-0.4, -0.2) is 19.9 Å². The van der Waals surface area contributed by atoms with Crippen LogP contribution in [0.3, 0.4) is 0 Å². The topological polar surface area (TPSA) is 70.9 Å². The van der Waals surface area contributed by atoms with Gasteiger partial charge in [0.15, 0.2) is 24.8 Å². The van der Waals surface area contributed by atoms with Crippen LogP contribution in [0.25, 0.3) is 23.3 Å². The average molecular weight is 497 g/mol. The molecule has 0 amide bonds. The van der Waals surface area contributed by atoms with E-state index in [1.54, 1.807) is 0 Å². The number of H-pyrrole nitrogens is 4. The highest BCUT2D eigenvalue weighted by molar-refractivity contribution is 5.79. The molecule has 7 heterocycles. The van der Waals surface area contributed by atoms with E-state index >= 15 is 0 Å². The van der Waals surface area contributed by atoms with Crippen molar-refractivity contribution in [2.75, 3.05) is 0 Å². The van der Waals surface area contributed by atoms with Crippen molar-refractivity contribution in [3.05, 3.63) is 153 Å². The second-order valence-electron chi connectivity index (χ2n) is 9.85. The smallest absolute Gasteiger partial charge is 0.169 e. The minimum Gasteiger partial charge on any atom is -0.355 e. The monoisotopic (exact) mass is 496 g/mol. The average Bonchev–Trinajstić information content (AvgIpc) is 3.72. The first-order chi connectivity index (χ1) is 18.6. The molecule has 7 rings (SSSR count). The summed E-state index contributed by atoms with van der Waals surface area (Å²) in [5, 5.41) is 4.19. The van der Waals surface area contributed by atoms with Gasteiger partial charge in [-0.15, -0.1) is 0 Å². The van der Waals surface area contributed by atoms with Gasteiger partial charge in [0, 0.05) is 79.6 Å². The molecule has 0 aromatic carbocycles. The highest BCUT2D eigenvalue weighted by Gasteiger charge is 2.13. The van der Waals surface area contributed by atoms with Crippen LogP contribution in [0.1, 0.15) is 33.9 Å². The van der Waals surface area contributed by atoms with E-state index in [0.29, 0.717) is 0 Å². The molecule has 6 nitrogen and oxygen atoms in total. The van der Waals surface area contributed by atoms with Crippen LogP contribution in [0.5, 0.6) is 0 Å². The Morgan fingerprint density at radius 2 is 0.868 bits per heavy atom. The molecule has 0 radical (unpaired) electrons. The van der Waals surface area contributed by atoms with Crippen LogP contribution in [-0.2, 0) is 14.1 Å². The molecule has 0 fully saturated rings. The lowest BCUT2D eigenvalue weighted by atomic mass is 10.0. The Morgan fingerprint density at radius 3 is 1.29 bits per heavy atom. The lowest BCUT2D eigenvalue weighted by Gasteiger charge is -2.05. The van der Waals surface area contributed by atoms with Gasteiger partial charge in [0.2, 0.25) is 0 Å². The summed E-state index contributed by atoms with van der Waals surface area (Å²) in [5.41, 5.74) is 8.74. The van der Waals surface area contributed by atoms with E-state index in [1.165, 1.54) is 0 Å². The lowest BCUT2D eigenvalue weighted by Crippen LogP contribution is -2.26. The molecule has 6 aromatic heterocycles. The normalized spacial score (nSPS) is 12.8. The largest absolute Gasteiger partial charge is 0.355 e. The van der Waals surface area contributed by atoms with E-state index in [4.69, 9.17) is 0 Å². The summed E-state index contributed by atoms with van der Waals surface area (Å²) in [6.45, 7) is 0. The molecule has 6 heteroatoms. The SMILES string of the molecule is C[n+]1ccc(C2=c3ccc([nH]3)=Cc3ccc([nH]3)C(c3cc[n+](C)cc3)=c3ccc([nH]3)=Cc3ccc2[nH]3)cc1. The third-order valence-electron chi connectivity index (χ3n) is 7.07. The van der Waals surface area contributed by atoms with Crippen LogP contribution >= 0.6 is 0 Å². The van der Waals surface area contributed by atoms with Gasteiger partial charge in [-0.05, 0) is 71.8 Å². The third-order valence-corrected chi connectivity index (χ3v) is 7.07. The maximum Gasteiger partial charge on any atom is 0.169 e. The Balaban J connectivity index is 1.51. The Morgan fingerprint density at radius 1 is 0.447 bits per heavy atom. The molecule has 8 bridgehead atoms. The number of aromatic amines is 4. The molecule has 1 aliphatic rings. The third kappa shape index (κ3) is 4.02. The first-order valence-electron chi connectivity index (χ1n) is 12.7. The van der Waals surface area contributed by atoms with Gasteiger partial charge in [-0.1, -0.05) is 0 Å². The maximum atomic E-state index is 3.64. The second kappa shape index (κ2) is 8.78.